The van der Waals surface area contributed by atoms with Gasteiger partial charge >= 0.3 is 0 Å². The zero-order valence-electron chi connectivity index (χ0n) is 33.6. The van der Waals surface area contributed by atoms with E-state index in [1.165, 1.54) is 24.3 Å². The minimum absolute atomic E-state index is 0.122. The van der Waals surface area contributed by atoms with Gasteiger partial charge in [-0.2, -0.15) is 0 Å². The van der Waals surface area contributed by atoms with E-state index in [9.17, 15) is 19.2 Å². The Kier molecular flexibility index (Phi) is 13.1. The highest BCUT2D eigenvalue weighted by atomic mass is 16.5. The molecule has 298 valence electrons. The lowest BCUT2D eigenvalue weighted by atomic mass is 9.85. The molecule has 0 unspecified atom stereocenters. The number of rotatable bonds is 12. The summed E-state index contributed by atoms with van der Waals surface area (Å²) < 4.78 is 37.2. The van der Waals surface area contributed by atoms with Crippen LogP contribution < -0.4 is 28.4 Å². The van der Waals surface area contributed by atoms with Gasteiger partial charge in [-0.15, -0.1) is 0 Å². The molecule has 3 aromatic carbocycles. The molecule has 0 radical (unpaired) electrons. The predicted octanol–water partition coefficient (Wildman–Crippen LogP) is 7.76. The van der Waals surface area contributed by atoms with Crippen molar-refractivity contribution in [1.29, 1.82) is 0 Å². The van der Waals surface area contributed by atoms with Crippen molar-refractivity contribution in [3.63, 3.8) is 0 Å². The number of hydrogen-bond acceptors (Lipinski definition) is 10. The van der Waals surface area contributed by atoms with Gasteiger partial charge in [0.25, 0.3) is 0 Å². The van der Waals surface area contributed by atoms with Gasteiger partial charge in [0.05, 0.1) is 39.6 Å². The van der Waals surface area contributed by atoms with E-state index in [-0.39, 0.29) is 53.1 Å². The molecule has 10 heteroatoms. The van der Waals surface area contributed by atoms with Crippen molar-refractivity contribution >= 4 is 23.1 Å². The summed E-state index contributed by atoms with van der Waals surface area (Å²) in [4.78, 5) is 54.1. The van der Waals surface area contributed by atoms with Crippen molar-refractivity contribution in [3.05, 3.63) is 116 Å². The predicted molar refractivity (Wildman–Crippen MR) is 216 cm³/mol. The van der Waals surface area contributed by atoms with Gasteiger partial charge in [-0.1, -0.05) is 0 Å². The number of carbonyl (C=O) groups excluding carboxylic acids is 4. The number of ether oxygens (including phenoxy) is 6. The lowest BCUT2D eigenvalue weighted by Gasteiger charge is -2.21. The maximum Gasteiger partial charge on any atom is 0.182 e. The van der Waals surface area contributed by atoms with Gasteiger partial charge in [-0.25, -0.2) is 0 Å². The molecule has 0 N–H and O–H groups in total. The fraction of sp³-hybridized carbons (Fsp3) is 0.362. The smallest absolute Gasteiger partial charge is 0.182 e. The van der Waals surface area contributed by atoms with Crippen LogP contribution in [0.2, 0.25) is 0 Å². The zero-order valence-corrected chi connectivity index (χ0v) is 33.6. The molecule has 0 atom stereocenters. The maximum atomic E-state index is 13.6. The Balaban J connectivity index is 1.56. The first-order valence-corrected chi connectivity index (χ1v) is 19.8. The van der Waals surface area contributed by atoms with Gasteiger partial charge in [0.1, 0.15) is 34.5 Å². The molecule has 0 heterocycles. The lowest BCUT2D eigenvalue weighted by molar-refractivity contribution is -0.116. The molecule has 10 bridgehead atoms. The first-order valence-electron chi connectivity index (χ1n) is 19.8. The molecule has 0 aliphatic heterocycles. The van der Waals surface area contributed by atoms with Crippen LogP contribution in [0.4, 0.5) is 0 Å². The molecule has 0 aromatic heterocycles. The minimum Gasteiger partial charge on any atom is -0.494 e. The van der Waals surface area contributed by atoms with Gasteiger partial charge in [0.2, 0.25) is 0 Å². The molecule has 0 fully saturated rings. The molecule has 0 spiro atoms. The number of hydrogen-bond donors (Lipinski definition) is 0. The van der Waals surface area contributed by atoms with Crippen LogP contribution in [0.3, 0.4) is 0 Å². The second-order valence-electron chi connectivity index (χ2n) is 13.8. The Bertz CT molecular complexity index is 2060. The van der Waals surface area contributed by atoms with E-state index in [0.29, 0.717) is 98.1 Å². The van der Waals surface area contributed by atoms with E-state index in [1.807, 2.05) is 77.9 Å². The van der Waals surface area contributed by atoms with E-state index in [1.54, 1.807) is 0 Å². The zero-order chi connectivity index (χ0) is 40.6. The third-order valence-electron chi connectivity index (χ3n) is 9.92. The second kappa shape index (κ2) is 18.4. The number of allylic oxidation sites excluding steroid dienone is 8. The maximum absolute atomic E-state index is 13.6. The summed E-state index contributed by atoms with van der Waals surface area (Å²) in [5, 5.41) is 0. The summed E-state index contributed by atoms with van der Waals surface area (Å²) in [5.74, 6) is 2.22. The third kappa shape index (κ3) is 9.22. The van der Waals surface area contributed by atoms with Gasteiger partial charge in [0.15, 0.2) is 23.1 Å². The largest absolute Gasteiger partial charge is 0.494 e. The highest BCUT2D eigenvalue weighted by Gasteiger charge is 2.28. The van der Waals surface area contributed by atoms with Crippen molar-refractivity contribution in [2.75, 3.05) is 39.6 Å². The molecule has 57 heavy (non-hydrogen) atoms. The number of benzene rings is 3. The molecular weight excluding hydrogens is 725 g/mol. The Morgan fingerprint density at radius 3 is 0.719 bits per heavy atom. The van der Waals surface area contributed by atoms with E-state index >= 15 is 0 Å². The van der Waals surface area contributed by atoms with Crippen LogP contribution in [0.5, 0.6) is 34.5 Å². The normalized spacial score (nSPS) is 15.5. The van der Waals surface area contributed by atoms with Crippen LogP contribution in [0.1, 0.15) is 81.3 Å². The number of carbonyl (C=O) groups is 4. The molecular formula is C47H50O10. The average Bonchev–Trinajstić information content (AvgIpc) is 3.17. The monoisotopic (exact) mass is 774 g/mol. The van der Waals surface area contributed by atoms with Gasteiger partial charge in [-0.05, 0) is 102 Å². The third-order valence-corrected chi connectivity index (χ3v) is 9.92. The van der Waals surface area contributed by atoms with Gasteiger partial charge < -0.3 is 28.4 Å². The molecule has 0 saturated heterocycles. The standard InChI is InChI=1S/C47H50O10/c1-7-52-42-24-34-16-36-26-47(57-12-6)37(27-46(36)56-11-5)17-35-25-43(53-8-2)33(23-45(35)55-10-4)15-31-21-39(49)29(19-41(31)51)13-28-18-40(50)30(20-38(28)48)14-32(42)22-44(34)54-9-3/h18-27H,7-17H2,1-6H3. The van der Waals surface area contributed by atoms with E-state index in [2.05, 4.69) is 0 Å². The molecule has 12 aliphatic rings. The van der Waals surface area contributed by atoms with E-state index < -0.39 is 11.6 Å². The van der Waals surface area contributed by atoms with Crippen LogP contribution in [0.15, 0.2) is 83.0 Å². The van der Waals surface area contributed by atoms with Crippen molar-refractivity contribution in [2.45, 2.75) is 73.6 Å². The number of ketones is 4. The quantitative estimate of drug-likeness (QED) is 0.169. The Hall–Kier alpha value is -5.90. The Morgan fingerprint density at radius 1 is 0.316 bits per heavy atom. The Labute approximate surface area is 334 Å². The van der Waals surface area contributed by atoms with Crippen LogP contribution in [0, 0.1) is 0 Å². The molecule has 15 rings (SSSR count). The van der Waals surface area contributed by atoms with Crippen molar-refractivity contribution in [1.82, 2.24) is 0 Å². The van der Waals surface area contributed by atoms with E-state index in [4.69, 9.17) is 28.4 Å². The van der Waals surface area contributed by atoms with Crippen LogP contribution in [-0.2, 0) is 44.9 Å². The van der Waals surface area contributed by atoms with E-state index in [0.717, 1.165) is 22.3 Å². The summed E-state index contributed by atoms with van der Waals surface area (Å²) in [5.41, 5.74) is 5.68. The lowest BCUT2D eigenvalue weighted by Crippen LogP contribution is -2.19. The summed E-state index contributed by atoms with van der Waals surface area (Å²) in [6.07, 6.45) is 6.14. The molecule has 0 saturated carbocycles. The molecule has 3 aromatic rings. The fourth-order valence-corrected chi connectivity index (χ4v) is 7.37. The first-order chi connectivity index (χ1) is 27.6. The summed E-state index contributed by atoms with van der Waals surface area (Å²) in [6, 6.07) is 11.6. The molecule has 12 aliphatic carbocycles. The topological polar surface area (TPSA) is 124 Å². The van der Waals surface area contributed by atoms with Gasteiger partial charge in [0, 0.05) is 87.8 Å². The first kappa shape index (κ1) is 40.8. The molecule has 10 nitrogen and oxygen atoms in total. The summed E-state index contributed by atoms with van der Waals surface area (Å²) >= 11 is 0. The summed E-state index contributed by atoms with van der Waals surface area (Å²) in [7, 11) is 0. The van der Waals surface area contributed by atoms with Crippen LogP contribution >= 0.6 is 0 Å². The fourth-order valence-electron chi connectivity index (χ4n) is 7.37. The minimum atomic E-state index is -0.396. The van der Waals surface area contributed by atoms with Crippen LogP contribution in [-0.4, -0.2) is 62.8 Å². The Morgan fingerprint density at radius 2 is 0.509 bits per heavy atom. The van der Waals surface area contributed by atoms with Crippen molar-refractivity contribution in [2.24, 2.45) is 0 Å². The second-order valence-corrected chi connectivity index (χ2v) is 13.8. The van der Waals surface area contributed by atoms with Crippen molar-refractivity contribution in [3.8, 4) is 34.5 Å². The van der Waals surface area contributed by atoms with Crippen molar-refractivity contribution < 1.29 is 47.6 Å². The SMILES string of the molecule is CCOc1cc2c(OCC)cc1CC1=CC(=O)C(=CC1=O)CC1=CC(=O)C(=CC1=O)Cc1cc(OCC)c(cc1OCC)Cc1cc(OCC)c(cc1OCC)C2. The highest BCUT2D eigenvalue weighted by molar-refractivity contribution is 6.23. The highest BCUT2D eigenvalue weighted by Crippen LogP contribution is 2.40. The molecule has 0 amide bonds. The van der Waals surface area contributed by atoms with Gasteiger partial charge in [-0.3, -0.25) is 19.2 Å². The van der Waals surface area contributed by atoms with Crippen LogP contribution in [0.25, 0.3) is 0 Å². The summed E-state index contributed by atoms with van der Waals surface area (Å²) in [6.45, 7) is 13.9. The average molecular weight is 775 g/mol.